The van der Waals surface area contributed by atoms with Crippen LogP contribution in [0, 0.1) is 0 Å². The molecule has 0 fully saturated rings. The van der Waals surface area contributed by atoms with Gasteiger partial charge in [-0.15, -0.1) is 0 Å². The maximum atomic E-state index is 12.1. The second kappa shape index (κ2) is 6.84. The van der Waals surface area contributed by atoms with Crippen LogP contribution in [0.3, 0.4) is 0 Å². The molecule has 0 unspecified atom stereocenters. The Bertz CT molecular complexity index is 419. The van der Waals surface area contributed by atoms with Crippen LogP contribution in [0.15, 0.2) is 29.8 Å². The summed E-state index contributed by atoms with van der Waals surface area (Å²) in [4.78, 5) is 12.1. The SMILES string of the molecule is CCC(=CC(=O)c1cc(OC)cc(OC)c1)CC. The van der Waals surface area contributed by atoms with Gasteiger partial charge in [-0.25, -0.2) is 0 Å². The van der Waals surface area contributed by atoms with Crippen LogP contribution in [-0.2, 0) is 0 Å². The molecular weight excluding hydrogens is 228 g/mol. The molecule has 0 saturated carbocycles. The fourth-order valence-corrected chi connectivity index (χ4v) is 1.67. The lowest BCUT2D eigenvalue weighted by Crippen LogP contribution is -1.98. The summed E-state index contributed by atoms with van der Waals surface area (Å²) in [7, 11) is 3.14. The lowest BCUT2D eigenvalue weighted by molar-refractivity contribution is 0.104. The summed E-state index contributed by atoms with van der Waals surface area (Å²) >= 11 is 0. The molecule has 3 heteroatoms. The number of hydrogen-bond acceptors (Lipinski definition) is 3. The average molecular weight is 248 g/mol. The lowest BCUT2D eigenvalue weighted by Gasteiger charge is -2.07. The van der Waals surface area contributed by atoms with Gasteiger partial charge in [-0.05, 0) is 31.1 Å². The van der Waals surface area contributed by atoms with E-state index >= 15 is 0 Å². The van der Waals surface area contributed by atoms with E-state index in [1.165, 1.54) is 0 Å². The fourth-order valence-electron chi connectivity index (χ4n) is 1.67. The van der Waals surface area contributed by atoms with Gasteiger partial charge >= 0.3 is 0 Å². The highest BCUT2D eigenvalue weighted by atomic mass is 16.5. The highest BCUT2D eigenvalue weighted by Gasteiger charge is 2.08. The Hall–Kier alpha value is -1.77. The molecule has 0 aliphatic rings. The number of rotatable bonds is 6. The van der Waals surface area contributed by atoms with Crippen LogP contribution in [-0.4, -0.2) is 20.0 Å². The molecule has 0 bridgehead atoms. The standard InChI is InChI=1S/C15H20O3/c1-5-11(6-2)7-15(16)12-8-13(17-3)10-14(9-12)18-4/h7-10H,5-6H2,1-4H3. The van der Waals surface area contributed by atoms with Gasteiger partial charge in [0.2, 0.25) is 0 Å². The quantitative estimate of drug-likeness (QED) is 0.569. The van der Waals surface area contributed by atoms with Crippen molar-refractivity contribution in [1.82, 2.24) is 0 Å². The molecule has 0 aliphatic heterocycles. The number of ether oxygens (including phenoxy) is 2. The highest BCUT2D eigenvalue weighted by Crippen LogP contribution is 2.23. The van der Waals surface area contributed by atoms with Crippen LogP contribution >= 0.6 is 0 Å². The normalized spacial score (nSPS) is 9.78. The van der Waals surface area contributed by atoms with Gasteiger partial charge in [-0.3, -0.25) is 4.79 Å². The van der Waals surface area contributed by atoms with Gasteiger partial charge in [-0.1, -0.05) is 19.4 Å². The van der Waals surface area contributed by atoms with E-state index in [2.05, 4.69) is 13.8 Å². The van der Waals surface area contributed by atoms with Gasteiger partial charge in [0.25, 0.3) is 0 Å². The minimum Gasteiger partial charge on any atom is -0.497 e. The van der Waals surface area contributed by atoms with Gasteiger partial charge in [0.05, 0.1) is 14.2 Å². The average Bonchev–Trinajstić information content (AvgIpc) is 2.43. The van der Waals surface area contributed by atoms with E-state index in [9.17, 15) is 4.79 Å². The molecule has 0 aromatic heterocycles. The molecule has 0 saturated heterocycles. The topological polar surface area (TPSA) is 35.5 Å². The smallest absolute Gasteiger partial charge is 0.186 e. The van der Waals surface area contributed by atoms with Crippen molar-refractivity contribution in [1.29, 1.82) is 0 Å². The third kappa shape index (κ3) is 3.62. The number of carbonyl (C=O) groups excluding carboxylic acids is 1. The van der Waals surface area contributed by atoms with E-state index in [0.29, 0.717) is 17.1 Å². The van der Waals surface area contributed by atoms with E-state index in [1.54, 1.807) is 38.5 Å². The summed E-state index contributed by atoms with van der Waals surface area (Å²) in [6.07, 6.45) is 3.49. The first-order chi connectivity index (χ1) is 8.64. The maximum Gasteiger partial charge on any atom is 0.186 e. The number of allylic oxidation sites excluding steroid dienone is 2. The molecule has 0 aliphatic carbocycles. The molecule has 0 heterocycles. The second-order valence-electron chi connectivity index (χ2n) is 3.98. The van der Waals surface area contributed by atoms with E-state index in [1.807, 2.05) is 0 Å². The molecule has 1 aromatic rings. The van der Waals surface area contributed by atoms with Crippen LogP contribution in [0.1, 0.15) is 37.0 Å². The predicted molar refractivity (Wildman–Crippen MR) is 72.5 cm³/mol. The lowest BCUT2D eigenvalue weighted by atomic mass is 10.0. The van der Waals surface area contributed by atoms with Crippen LogP contribution in [0.4, 0.5) is 0 Å². The summed E-state index contributed by atoms with van der Waals surface area (Å²) in [5.41, 5.74) is 1.73. The first-order valence-electron chi connectivity index (χ1n) is 6.11. The number of hydrogen-bond donors (Lipinski definition) is 0. The Labute approximate surface area is 108 Å². The number of carbonyl (C=O) groups is 1. The Kier molecular flexibility index (Phi) is 5.43. The van der Waals surface area contributed by atoms with Gasteiger partial charge in [-0.2, -0.15) is 0 Å². The maximum absolute atomic E-state index is 12.1. The zero-order valence-electron chi connectivity index (χ0n) is 11.4. The van der Waals surface area contributed by atoms with E-state index in [4.69, 9.17) is 9.47 Å². The van der Waals surface area contributed by atoms with Crippen molar-refractivity contribution in [2.75, 3.05) is 14.2 Å². The molecule has 0 amide bonds. The van der Waals surface area contributed by atoms with Crippen LogP contribution in [0.5, 0.6) is 11.5 Å². The molecule has 18 heavy (non-hydrogen) atoms. The van der Waals surface area contributed by atoms with Crippen molar-refractivity contribution in [2.24, 2.45) is 0 Å². The zero-order chi connectivity index (χ0) is 13.5. The number of ketones is 1. The minimum atomic E-state index is -0.00843. The summed E-state index contributed by atoms with van der Waals surface area (Å²) in [5, 5.41) is 0. The molecular formula is C15H20O3. The minimum absolute atomic E-state index is 0.00843. The third-order valence-corrected chi connectivity index (χ3v) is 2.88. The summed E-state index contributed by atoms with van der Waals surface area (Å²) in [5.74, 6) is 1.24. The van der Waals surface area contributed by atoms with Crippen molar-refractivity contribution in [2.45, 2.75) is 26.7 Å². The molecule has 98 valence electrons. The molecule has 0 spiro atoms. The predicted octanol–water partition coefficient (Wildman–Crippen LogP) is 3.63. The molecule has 3 nitrogen and oxygen atoms in total. The van der Waals surface area contributed by atoms with Gasteiger partial charge < -0.3 is 9.47 Å². The van der Waals surface area contributed by atoms with E-state index in [0.717, 1.165) is 18.4 Å². The zero-order valence-corrected chi connectivity index (χ0v) is 11.4. The fraction of sp³-hybridized carbons (Fsp3) is 0.400. The first kappa shape index (κ1) is 14.3. The van der Waals surface area contributed by atoms with Crippen LogP contribution in [0.25, 0.3) is 0 Å². The first-order valence-corrected chi connectivity index (χ1v) is 6.11. The highest BCUT2D eigenvalue weighted by molar-refractivity contribution is 6.05. The Morgan fingerprint density at radius 2 is 1.56 bits per heavy atom. The van der Waals surface area contributed by atoms with E-state index in [-0.39, 0.29) is 5.78 Å². The largest absolute Gasteiger partial charge is 0.497 e. The number of benzene rings is 1. The monoisotopic (exact) mass is 248 g/mol. The second-order valence-corrected chi connectivity index (χ2v) is 3.98. The van der Waals surface area contributed by atoms with Crippen molar-refractivity contribution >= 4 is 5.78 Å². The van der Waals surface area contributed by atoms with Gasteiger partial charge in [0.15, 0.2) is 5.78 Å². The van der Waals surface area contributed by atoms with Crippen molar-refractivity contribution in [3.8, 4) is 11.5 Å². The molecule has 1 rings (SSSR count). The summed E-state index contributed by atoms with van der Waals surface area (Å²) in [6, 6.07) is 5.20. The Morgan fingerprint density at radius 1 is 1.06 bits per heavy atom. The van der Waals surface area contributed by atoms with Crippen molar-refractivity contribution < 1.29 is 14.3 Å². The Balaban J connectivity index is 3.08. The van der Waals surface area contributed by atoms with Crippen molar-refractivity contribution in [3.05, 3.63) is 35.4 Å². The summed E-state index contributed by atoms with van der Waals surface area (Å²) < 4.78 is 10.3. The third-order valence-electron chi connectivity index (χ3n) is 2.88. The van der Waals surface area contributed by atoms with Crippen LogP contribution < -0.4 is 9.47 Å². The molecule has 0 N–H and O–H groups in total. The van der Waals surface area contributed by atoms with E-state index < -0.39 is 0 Å². The molecule has 0 atom stereocenters. The molecule has 0 radical (unpaired) electrons. The number of methoxy groups -OCH3 is 2. The summed E-state index contributed by atoms with van der Waals surface area (Å²) in [6.45, 7) is 4.10. The van der Waals surface area contributed by atoms with Crippen molar-refractivity contribution in [3.63, 3.8) is 0 Å². The molecule has 1 aromatic carbocycles. The van der Waals surface area contributed by atoms with Gasteiger partial charge in [0.1, 0.15) is 11.5 Å². The Morgan fingerprint density at radius 3 is 1.94 bits per heavy atom. The van der Waals surface area contributed by atoms with Crippen LogP contribution in [0.2, 0.25) is 0 Å². The van der Waals surface area contributed by atoms with Gasteiger partial charge in [0, 0.05) is 11.6 Å².